The highest BCUT2D eigenvalue weighted by Crippen LogP contribution is 2.52. The number of nitrogens with one attached hydrogen (secondary N) is 2. The quantitative estimate of drug-likeness (QED) is 0.536. The van der Waals surface area contributed by atoms with Crippen molar-refractivity contribution < 1.29 is 59.5 Å². The van der Waals surface area contributed by atoms with E-state index in [9.17, 15) is 49.5 Å². The van der Waals surface area contributed by atoms with Crippen molar-refractivity contribution in [3.8, 4) is 5.75 Å². The van der Waals surface area contributed by atoms with E-state index >= 15 is 0 Å². The Bertz CT molecular complexity index is 601. The Hall–Kier alpha value is -2.26. The number of halogens is 9. The Morgan fingerprint density at radius 2 is 1.31 bits per heavy atom. The van der Waals surface area contributed by atoms with Crippen molar-refractivity contribution in [2.75, 3.05) is 0 Å². The van der Waals surface area contributed by atoms with Crippen LogP contribution >= 0.6 is 0 Å². The second kappa shape index (κ2) is 6.81. The molecule has 148 valence electrons. The molecule has 0 aliphatic carbocycles. The van der Waals surface area contributed by atoms with Crippen LogP contribution in [0.1, 0.15) is 0 Å². The molecule has 15 heteroatoms. The highest BCUT2D eigenvalue weighted by atomic mass is 19.4. The third-order valence-electron chi connectivity index (χ3n) is 2.88. The summed E-state index contributed by atoms with van der Waals surface area (Å²) in [6.45, 7) is 0. The molecule has 1 amide bonds. The number of benzene rings is 1. The Kier molecular flexibility index (Phi) is 5.70. The van der Waals surface area contributed by atoms with Gasteiger partial charge in [-0.05, 0) is 12.1 Å². The number of carbonyl (C=O) groups is 1. The van der Waals surface area contributed by atoms with E-state index in [1.165, 1.54) is 0 Å². The lowest BCUT2D eigenvalue weighted by atomic mass is 9.97. The lowest BCUT2D eigenvalue weighted by molar-refractivity contribution is -0.991. The fourth-order valence-corrected chi connectivity index (χ4v) is 1.65. The molecule has 26 heavy (non-hydrogen) atoms. The first-order valence-corrected chi connectivity index (χ1v) is 6.06. The molecular weight excluding hydrogens is 395 g/mol. The van der Waals surface area contributed by atoms with E-state index < -0.39 is 46.8 Å². The lowest BCUT2D eigenvalue weighted by Gasteiger charge is -2.38. The summed E-state index contributed by atoms with van der Waals surface area (Å²) in [6, 6.07) is 2.77. The van der Waals surface area contributed by atoms with Crippen molar-refractivity contribution in [3.63, 3.8) is 0 Å². The maximum Gasteiger partial charge on any atom is 0.429 e. The number of rotatable bonds is 3. The molecule has 6 nitrogen and oxygen atoms in total. The number of quaternary nitrogens is 1. The third-order valence-corrected chi connectivity index (χ3v) is 2.88. The number of hydrogen-bond donors (Lipinski definition) is 3. The van der Waals surface area contributed by atoms with Gasteiger partial charge in [-0.3, -0.25) is 5.32 Å². The first kappa shape index (κ1) is 21.8. The Balaban J connectivity index is 3.18. The average Bonchev–Trinajstić information content (AvgIpc) is 2.41. The molecule has 0 heterocycles. The number of carbonyl (C=O) groups excluding carboxylic acids is 1. The van der Waals surface area contributed by atoms with Crippen LogP contribution in [0.3, 0.4) is 0 Å². The average molecular weight is 402 g/mol. The van der Waals surface area contributed by atoms with Gasteiger partial charge in [-0.1, -0.05) is 0 Å². The summed E-state index contributed by atoms with van der Waals surface area (Å²) in [5.74, 6) is -0.798. The molecule has 1 rings (SSSR count). The molecular formula is C11H7F9N2O4. The van der Waals surface area contributed by atoms with Gasteiger partial charge in [-0.15, -0.1) is 0 Å². The van der Waals surface area contributed by atoms with Gasteiger partial charge in [-0.25, -0.2) is 10.0 Å². The highest BCUT2D eigenvalue weighted by Gasteiger charge is 2.85. The van der Waals surface area contributed by atoms with E-state index in [4.69, 9.17) is 5.21 Å². The molecule has 0 bridgehead atoms. The first-order valence-electron chi connectivity index (χ1n) is 6.06. The topological polar surface area (TPSA) is 86.1 Å². The van der Waals surface area contributed by atoms with Gasteiger partial charge in [0.15, 0.2) is 5.69 Å². The minimum Gasteiger partial charge on any atom is -0.595 e. The van der Waals surface area contributed by atoms with Crippen molar-refractivity contribution in [1.82, 2.24) is 5.32 Å². The fraction of sp³-hybridized carbons (Fsp3) is 0.364. The molecule has 0 aromatic heterocycles. The van der Waals surface area contributed by atoms with Gasteiger partial charge in [0.25, 0.3) is 0 Å². The van der Waals surface area contributed by atoms with Crippen molar-refractivity contribution in [1.29, 1.82) is 0 Å². The zero-order chi connectivity index (χ0) is 20.6. The second-order valence-corrected chi connectivity index (χ2v) is 4.59. The predicted molar refractivity (Wildman–Crippen MR) is 62.3 cm³/mol. The van der Waals surface area contributed by atoms with Gasteiger partial charge < -0.3 is 9.94 Å². The third kappa shape index (κ3) is 4.10. The number of ether oxygens (including phenoxy) is 1. The summed E-state index contributed by atoms with van der Waals surface area (Å²) in [5.41, 5.74) is -6.96. The Labute approximate surface area is 137 Å². The molecule has 1 unspecified atom stereocenters. The van der Waals surface area contributed by atoms with Gasteiger partial charge in [0.05, 0.1) is 0 Å². The SMILES string of the molecule is O=C(NC(C(F)(F)F)(C(F)(F)F)C(F)(F)F)Oc1ccc([NH+]([O-])O)cc1. The van der Waals surface area contributed by atoms with Gasteiger partial charge in [0.1, 0.15) is 5.75 Å². The molecule has 0 saturated carbocycles. The molecule has 3 N–H and O–H groups in total. The Morgan fingerprint density at radius 1 is 0.923 bits per heavy atom. The van der Waals surface area contributed by atoms with Crippen molar-refractivity contribution in [3.05, 3.63) is 29.5 Å². The van der Waals surface area contributed by atoms with Gasteiger partial charge in [0.2, 0.25) is 0 Å². The standard InChI is InChI=1S/C11H7F9N2O4/c12-9(13,14)8(10(15,16)17,11(18,19)20)21-7(23)26-6-3-1-5(2-4-6)22(24)25/h1-4,22,24H,(H,21,23). The van der Waals surface area contributed by atoms with Crippen LogP contribution < -0.4 is 15.3 Å². The zero-order valence-electron chi connectivity index (χ0n) is 11.9. The van der Waals surface area contributed by atoms with Gasteiger partial charge in [0, 0.05) is 12.1 Å². The van der Waals surface area contributed by atoms with Crippen LogP contribution in [0.25, 0.3) is 0 Å². The maximum atomic E-state index is 12.6. The van der Waals surface area contributed by atoms with Gasteiger partial charge in [-0.2, -0.15) is 44.7 Å². The minimum atomic E-state index is -6.99. The molecule has 0 spiro atoms. The number of amides is 1. The predicted octanol–water partition coefficient (Wildman–Crippen LogP) is 2.60. The summed E-state index contributed by atoms with van der Waals surface area (Å²) >= 11 is 0. The van der Waals surface area contributed by atoms with Crippen LogP contribution in [0.2, 0.25) is 0 Å². The molecule has 0 saturated heterocycles. The van der Waals surface area contributed by atoms with Crippen LogP contribution in [0.5, 0.6) is 5.75 Å². The molecule has 0 aliphatic heterocycles. The fourth-order valence-electron chi connectivity index (χ4n) is 1.65. The van der Waals surface area contributed by atoms with E-state index in [1.807, 2.05) is 0 Å². The van der Waals surface area contributed by atoms with Crippen molar-refractivity contribution in [2.24, 2.45) is 0 Å². The molecule has 0 fully saturated rings. The highest BCUT2D eigenvalue weighted by molar-refractivity contribution is 5.72. The van der Waals surface area contributed by atoms with E-state index in [0.717, 1.165) is 12.1 Å². The van der Waals surface area contributed by atoms with Crippen LogP contribution in [0, 0.1) is 5.21 Å². The largest absolute Gasteiger partial charge is 0.595 e. The number of alkyl halides is 9. The molecule has 1 atom stereocenters. The zero-order valence-corrected chi connectivity index (χ0v) is 11.9. The van der Waals surface area contributed by atoms with E-state index in [1.54, 1.807) is 0 Å². The molecule has 0 aliphatic rings. The van der Waals surface area contributed by atoms with E-state index in [-0.39, 0.29) is 5.32 Å². The summed E-state index contributed by atoms with van der Waals surface area (Å²) in [4.78, 5) is 11.2. The summed E-state index contributed by atoms with van der Waals surface area (Å²) in [6.07, 6.45) is -23.7. The van der Waals surface area contributed by atoms with Crippen LogP contribution in [0.15, 0.2) is 24.3 Å². The number of hydrogen-bond acceptors (Lipinski definition) is 4. The van der Waals surface area contributed by atoms with Crippen LogP contribution in [-0.2, 0) is 0 Å². The van der Waals surface area contributed by atoms with Gasteiger partial charge >= 0.3 is 30.2 Å². The smallest absolute Gasteiger partial charge is 0.429 e. The van der Waals surface area contributed by atoms with Crippen LogP contribution in [0.4, 0.5) is 50.0 Å². The van der Waals surface area contributed by atoms with Crippen molar-refractivity contribution in [2.45, 2.75) is 24.1 Å². The first-order chi connectivity index (χ1) is 11.5. The summed E-state index contributed by atoms with van der Waals surface area (Å²) < 4.78 is 118. The van der Waals surface area contributed by atoms with E-state index in [0.29, 0.717) is 12.1 Å². The van der Waals surface area contributed by atoms with Crippen LogP contribution in [-0.4, -0.2) is 35.4 Å². The summed E-state index contributed by atoms with van der Waals surface area (Å²) in [5, 5.41) is 17.5. The maximum absolute atomic E-state index is 12.6. The van der Waals surface area contributed by atoms with Crippen molar-refractivity contribution >= 4 is 11.8 Å². The normalized spacial score (nSPS) is 14.7. The summed E-state index contributed by atoms with van der Waals surface area (Å²) in [7, 11) is 0. The minimum absolute atomic E-state index is 0.216. The monoisotopic (exact) mass is 402 g/mol. The Morgan fingerprint density at radius 3 is 1.62 bits per heavy atom. The van der Waals surface area contributed by atoms with E-state index in [2.05, 4.69) is 4.74 Å². The molecule has 0 radical (unpaired) electrons. The lowest BCUT2D eigenvalue weighted by Crippen LogP contribution is -2.99. The molecule has 1 aromatic carbocycles. The second-order valence-electron chi connectivity index (χ2n) is 4.59. The molecule has 1 aromatic rings.